The fourth-order valence-electron chi connectivity index (χ4n) is 4.12. The summed E-state index contributed by atoms with van der Waals surface area (Å²) in [6.45, 7) is 1.76. The van der Waals surface area contributed by atoms with Crippen molar-refractivity contribution >= 4 is 23.5 Å². The first-order chi connectivity index (χ1) is 10.5. The molecule has 5 nitrogen and oxygen atoms in total. The van der Waals surface area contributed by atoms with Gasteiger partial charge in [0, 0.05) is 0 Å². The molecule has 2 aliphatic carbocycles. The summed E-state index contributed by atoms with van der Waals surface area (Å²) in [7, 11) is 0. The molecular formula is C17H14NO4-. The number of carboxylic acids is 1. The van der Waals surface area contributed by atoms with Crippen molar-refractivity contribution in [2.24, 2.45) is 23.7 Å². The zero-order valence-electron chi connectivity index (χ0n) is 12.0. The number of fused-ring (bicyclic) bond motifs is 5. The number of imide groups is 1. The van der Waals surface area contributed by atoms with E-state index in [0.717, 1.165) is 6.42 Å². The standard InChI is InChI=1S/C17H15NO4/c1-8-2-3-11(17(21)22)7-12(8)18-15(19)13-9-4-5-10(6-9)14(13)16(18)20/h2-5,7,9-10,13-14H,6H2,1H3,(H,21,22)/p-1/t9-,10-,13-,14+/m0/s1. The molecular weight excluding hydrogens is 282 g/mol. The predicted octanol–water partition coefficient (Wildman–Crippen LogP) is 0.670. The molecule has 0 N–H and O–H groups in total. The fraction of sp³-hybridized carbons (Fsp3) is 0.353. The number of carbonyl (C=O) groups excluding carboxylic acids is 3. The molecule has 2 fully saturated rings. The van der Waals surface area contributed by atoms with E-state index in [1.807, 2.05) is 12.2 Å². The van der Waals surface area contributed by atoms with Gasteiger partial charge in [-0.3, -0.25) is 9.59 Å². The third kappa shape index (κ3) is 1.56. The number of nitrogens with zero attached hydrogens (tertiary/aromatic N) is 1. The number of anilines is 1. The molecule has 1 aromatic carbocycles. The highest BCUT2D eigenvalue weighted by Crippen LogP contribution is 2.53. The number of hydrogen-bond acceptors (Lipinski definition) is 4. The summed E-state index contributed by atoms with van der Waals surface area (Å²) in [5.74, 6) is -2.01. The van der Waals surface area contributed by atoms with Crippen molar-refractivity contribution in [1.82, 2.24) is 0 Å². The Bertz CT molecular complexity index is 721. The van der Waals surface area contributed by atoms with Crippen LogP contribution >= 0.6 is 0 Å². The maximum atomic E-state index is 12.7. The first-order valence-electron chi connectivity index (χ1n) is 7.37. The summed E-state index contributed by atoms with van der Waals surface area (Å²) < 4.78 is 0. The minimum Gasteiger partial charge on any atom is -0.545 e. The summed E-state index contributed by atoms with van der Waals surface area (Å²) >= 11 is 0. The summed E-state index contributed by atoms with van der Waals surface area (Å²) in [6, 6.07) is 4.38. The number of benzene rings is 1. The lowest BCUT2D eigenvalue weighted by Crippen LogP contribution is -2.34. The number of amides is 2. The van der Waals surface area contributed by atoms with Crippen LogP contribution in [0.5, 0.6) is 0 Å². The third-order valence-corrected chi connectivity index (χ3v) is 5.16. The molecule has 1 aromatic rings. The van der Waals surface area contributed by atoms with Crippen LogP contribution in [-0.4, -0.2) is 17.8 Å². The number of carboxylic acid groups (broad SMARTS) is 1. The van der Waals surface area contributed by atoms with Crippen molar-refractivity contribution in [3.05, 3.63) is 41.5 Å². The lowest BCUT2D eigenvalue weighted by Gasteiger charge is -2.20. The van der Waals surface area contributed by atoms with Crippen LogP contribution in [0.2, 0.25) is 0 Å². The summed E-state index contributed by atoms with van der Waals surface area (Å²) in [4.78, 5) is 37.7. The van der Waals surface area contributed by atoms with Crippen molar-refractivity contribution in [2.45, 2.75) is 13.3 Å². The highest BCUT2D eigenvalue weighted by Gasteiger charge is 2.59. The molecule has 1 aliphatic heterocycles. The smallest absolute Gasteiger partial charge is 0.238 e. The number of aromatic carboxylic acids is 1. The van der Waals surface area contributed by atoms with Gasteiger partial charge in [-0.05, 0) is 42.4 Å². The summed E-state index contributed by atoms with van der Waals surface area (Å²) in [5, 5.41) is 11.0. The van der Waals surface area contributed by atoms with Crippen LogP contribution in [0.4, 0.5) is 5.69 Å². The van der Waals surface area contributed by atoms with Gasteiger partial charge in [-0.15, -0.1) is 0 Å². The van der Waals surface area contributed by atoms with Crippen molar-refractivity contribution < 1.29 is 19.5 Å². The first-order valence-corrected chi connectivity index (χ1v) is 7.37. The topological polar surface area (TPSA) is 77.5 Å². The number of carbonyl (C=O) groups is 3. The second-order valence-corrected chi connectivity index (χ2v) is 6.30. The highest BCUT2D eigenvalue weighted by atomic mass is 16.4. The van der Waals surface area contributed by atoms with Crippen LogP contribution in [0.1, 0.15) is 22.3 Å². The third-order valence-electron chi connectivity index (χ3n) is 5.16. The lowest BCUT2D eigenvalue weighted by atomic mass is 9.85. The molecule has 22 heavy (non-hydrogen) atoms. The lowest BCUT2D eigenvalue weighted by molar-refractivity contribution is -0.255. The van der Waals surface area contributed by atoms with Gasteiger partial charge in [0.15, 0.2) is 0 Å². The van der Waals surface area contributed by atoms with Crippen LogP contribution in [0.25, 0.3) is 0 Å². The minimum atomic E-state index is -1.32. The Kier molecular flexibility index (Phi) is 2.58. The van der Waals surface area contributed by atoms with Crippen LogP contribution in [0.15, 0.2) is 30.4 Å². The van der Waals surface area contributed by atoms with Crippen molar-refractivity contribution in [1.29, 1.82) is 0 Å². The van der Waals surface area contributed by atoms with E-state index in [9.17, 15) is 19.5 Å². The van der Waals surface area contributed by atoms with E-state index in [4.69, 9.17) is 0 Å². The second-order valence-electron chi connectivity index (χ2n) is 6.30. The zero-order valence-corrected chi connectivity index (χ0v) is 12.0. The molecule has 0 unspecified atom stereocenters. The van der Waals surface area contributed by atoms with Gasteiger partial charge in [0.2, 0.25) is 11.8 Å². The quantitative estimate of drug-likeness (QED) is 0.593. The number of aryl methyl sites for hydroxylation is 1. The normalized spacial score (nSPS) is 32.0. The van der Waals surface area contributed by atoms with Gasteiger partial charge in [0.05, 0.1) is 23.5 Å². The van der Waals surface area contributed by atoms with E-state index < -0.39 is 5.97 Å². The maximum absolute atomic E-state index is 12.7. The molecule has 4 atom stereocenters. The Morgan fingerprint density at radius 3 is 2.27 bits per heavy atom. The number of rotatable bonds is 2. The maximum Gasteiger partial charge on any atom is 0.238 e. The predicted molar refractivity (Wildman–Crippen MR) is 75.7 cm³/mol. The molecule has 5 heteroatoms. The van der Waals surface area contributed by atoms with E-state index in [-0.39, 0.29) is 41.0 Å². The Labute approximate surface area is 127 Å². The molecule has 1 saturated carbocycles. The van der Waals surface area contributed by atoms with Crippen LogP contribution in [0.3, 0.4) is 0 Å². The average Bonchev–Trinajstić information content (AvgIpc) is 3.14. The molecule has 1 heterocycles. The van der Waals surface area contributed by atoms with Gasteiger partial charge < -0.3 is 9.90 Å². The van der Waals surface area contributed by atoms with Gasteiger partial charge in [-0.25, -0.2) is 4.90 Å². The molecule has 1 saturated heterocycles. The highest BCUT2D eigenvalue weighted by molar-refractivity contribution is 6.23. The molecule has 0 radical (unpaired) electrons. The SMILES string of the molecule is Cc1ccc(C(=O)[O-])cc1N1C(=O)[C@@H]2[C@H](C1=O)[C@H]1C=C[C@H]2C1. The van der Waals surface area contributed by atoms with Gasteiger partial charge in [0.25, 0.3) is 0 Å². The Morgan fingerprint density at radius 2 is 1.73 bits per heavy atom. The van der Waals surface area contributed by atoms with Crippen molar-refractivity contribution in [2.75, 3.05) is 4.90 Å². The van der Waals surface area contributed by atoms with E-state index in [2.05, 4.69) is 0 Å². The van der Waals surface area contributed by atoms with Crippen molar-refractivity contribution in [3.63, 3.8) is 0 Å². The molecule has 112 valence electrons. The molecule has 2 bridgehead atoms. The fourth-order valence-corrected chi connectivity index (χ4v) is 4.12. The Morgan fingerprint density at radius 1 is 1.14 bits per heavy atom. The number of hydrogen-bond donors (Lipinski definition) is 0. The van der Waals surface area contributed by atoms with E-state index >= 15 is 0 Å². The first kappa shape index (κ1) is 13.2. The van der Waals surface area contributed by atoms with E-state index in [0.29, 0.717) is 11.3 Å². The van der Waals surface area contributed by atoms with Gasteiger partial charge >= 0.3 is 0 Å². The number of allylic oxidation sites excluding steroid dienone is 2. The largest absolute Gasteiger partial charge is 0.545 e. The monoisotopic (exact) mass is 296 g/mol. The summed E-state index contributed by atoms with van der Waals surface area (Å²) in [6.07, 6.45) is 4.94. The van der Waals surface area contributed by atoms with E-state index in [1.165, 1.54) is 17.0 Å². The zero-order chi connectivity index (χ0) is 15.6. The van der Waals surface area contributed by atoms with Gasteiger partial charge in [-0.2, -0.15) is 0 Å². The second kappa shape index (κ2) is 4.29. The van der Waals surface area contributed by atoms with Crippen molar-refractivity contribution in [3.8, 4) is 0 Å². The van der Waals surface area contributed by atoms with Gasteiger partial charge in [-0.1, -0.05) is 24.3 Å². The van der Waals surface area contributed by atoms with Crippen LogP contribution in [0, 0.1) is 30.6 Å². The van der Waals surface area contributed by atoms with E-state index in [1.54, 1.807) is 13.0 Å². The van der Waals surface area contributed by atoms with Gasteiger partial charge in [0.1, 0.15) is 0 Å². The minimum absolute atomic E-state index is 0.0284. The van der Waals surface area contributed by atoms with Crippen LogP contribution < -0.4 is 10.0 Å². The molecule has 2 amide bonds. The Balaban J connectivity index is 1.79. The average molecular weight is 296 g/mol. The molecule has 3 aliphatic rings. The Hall–Kier alpha value is -2.43. The molecule has 0 spiro atoms. The van der Waals surface area contributed by atoms with Crippen LogP contribution in [-0.2, 0) is 9.59 Å². The molecule has 0 aromatic heterocycles. The molecule has 4 rings (SSSR count). The summed E-state index contributed by atoms with van der Waals surface area (Å²) in [5.41, 5.74) is 1.04.